The molecule has 0 spiro atoms. The average molecular weight is 967 g/mol. The minimum absolute atomic E-state index is 0.915. The molecule has 8 aromatic rings. The molecule has 0 unspecified atom stereocenters. The second-order valence-corrected chi connectivity index (χ2v) is 21.4. The van der Waals surface area contributed by atoms with Crippen LogP contribution in [0.1, 0.15) is 125 Å². The van der Waals surface area contributed by atoms with Gasteiger partial charge in [-0.05, 0) is 83.0 Å². The summed E-state index contributed by atoms with van der Waals surface area (Å²) in [5.74, 6) is 4.44. The van der Waals surface area contributed by atoms with Crippen molar-refractivity contribution in [2.75, 3.05) is 25.7 Å². The number of rotatable bonds is 29. The topological polar surface area (TPSA) is 26.2 Å². The summed E-state index contributed by atoms with van der Waals surface area (Å²) in [5.41, 5.74) is 7.53. The Kier molecular flexibility index (Phi) is 20.1. The van der Waals surface area contributed by atoms with Crippen LogP contribution in [0.4, 0.5) is 0 Å². The molecule has 0 radical (unpaired) electrons. The van der Waals surface area contributed by atoms with Gasteiger partial charge in [-0.3, -0.25) is 0 Å². The number of benzene rings is 6. The standard InChI is InChI=1S/C64H74N2O2S2/c1-67-63-41-39-51(55-27-15-17-31-59(55)63)35-37-53-43-47-65(61-33-21-19-29-57(53)61)45-23-11-7-3-5-9-13-25-49-69-70-50-26-14-10-6-4-8-12-24-46-66-48-44-54(58-30-20-22-34-62(58)66)38-36-52-40-42-64(68-2)60-32-18-16-28-56(52)60/h15-22,27-44,47-48H,3-14,23-26,45-46,49-50H2,1-2H3/q+2/b37-35+,38-36+. The van der Waals surface area contributed by atoms with Crippen molar-refractivity contribution in [3.63, 3.8) is 0 Å². The van der Waals surface area contributed by atoms with Gasteiger partial charge in [0, 0.05) is 59.4 Å². The highest BCUT2D eigenvalue weighted by Gasteiger charge is 2.14. The molecule has 0 fully saturated rings. The summed E-state index contributed by atoms with van der Waals surface area (Å²) in [7, 11) is 7.70. The third-order valence-corrected chi connectivity index (χ3v) is 16.5. The molecule has 362 valence electrons. The molecule has 0 bridgehead atoms. The summed E-state index contributed by atoms with van der Waals surface area (Å²) in [5, 5.41) is 7.31. The number of nitrogens with zero attached hydrogens (tertiary/aromatic N) is 2. The molecule has 4 nitrogen and oxygen atoms in total. The van der Waals surface area contributed by atoms with Crippen molar-refractivity contribution >= 4 is 89.2 Å². The molecule has 0 amide bonds. The average Bonchev–Trinajstić information content (AvgIpc) is 3.41. The first-order chi connectivity index (χ1) is 34.7. The molecule has 0 saturated carbocycles. The molecule has 2 aromatic heterocycles. The largest absolute Gasteiger partial charge is 0.496 e. The van der Waals surface area contributed by atoms with Crippen molar-refractivity contribution in [3.8, 4) is 11.5 Å². The maximum Gasteiger partial charge on any atom is 0.213 e. The summed E-state index contributed by atoms with van der Waals surface area (Å²) >= 11 is 0. The van der Waals surface area contributed by atoms with Crippen molar-refractivity contribution in [3.05, 3.63) is 168 Å². The summed E-state index contributed by atoms with van der Waals surface area (Å²) in [6.07, 6.45) is 35.1. The number of hydrogen-bond acceptors (Lipinski definition) is 4. The number of aryl methyl sites for hydroxylation is 2. The molecular weight excluding hydrogens is 893 g/mol. The lowest BCUT2D eigenvalue weighted by molar-refractivity contribution is -0.672. The predicted octanol–water partition coefficient (Wildman–Crippen LogP) is 17.6. The fourth-order valence-corrected chi connectivity index (χ4v) is 12.3. The molecular formula is C64H74N2O2S2+2. The minimum atomic E-state index is 0.915. The van der Waals surface area contributed by atoms with Crippen LogP contribution in [0.5, 0.6) is 11.5 Å². The van der Waals surface area contributed by atoms with Gasteiger partial charge in [0.05, 0.1) is 25.0 Å². The Balaban J connectivity index is 0.619. The van der Waals surface area contributed by atoms with Gasteiger partial charge >= 0.3 is 0 Å². The van der Waals surface area contributed by atoms with Gasteiger partial charge in [0.1, 0.15) is 24.6 Å². The second kappa shape index (κ2) is 27.7. The summed E-state index contributed by atoms with van der Waals surface area (Å²) < 4.78 is 16.1. The van der Waals surface area contributed by atoms with Gasteiger partial charge in [0.25, 0.3) is 0 Å². The Bertz CT molecular complexity index is 2760. The van der Waals surface area contributed by atoms with E-state index in [4.69, 9.17) is 9.47 Å². The van der Waals surface area contributed by atoms with Gasteiger partial charge in [-0.1, -0.05) is 195 Å². The van der Waals surface area contributed by atoms with E-state index in [0.29, 0.717) is 0 Å². The number of methoxy groups -OCH3 is 2. The van der Waals surface area contributed by atoms with E-state index in [2.05, 4.69) is 201 Å². The number of fused-ring (bicyclic) bond motifs is 4. The first-order valence-corrected chi connectivity index (χ1v) is 28.7. The van der Waals surface area contributed by atoms with Gasteiger partial charge in [0.2, 0.25) is 11.0 Å². The lowest BCUT2D eigenvalue weighted by Gasteiger charge is -2.08. The van der Waals surface area contributed by atoms with E-state index < -0.39 is 0 Å². The highest BCUT2D eigenvalue weighted by molar-refractivity contribution is 8.76. The first-order valence-electron chi connectivity index (χ1n) is 26.3. The SMILES string of the molecule is COc1ccc(/C=C/c2cc[n+](CCCCCCCCCCSSCCCCCCCCCC[n+]3ccc(/C=C/c4ccc(OC)c5ccccc45)c4ccccc43)c3ccccc23)c2ccccc12. The third-order valence-electron chi connectivity index (χ3n) is 13.9. The third kappa shape index (κ3) is 14.1. The monoisotopic (exact) mass is 967 g/mol. The quantitative estimate of drug-likeness (QED) is 0.0265. The first kappa shape index (κ1) is 50.8. The van der Waals surface area contributed by atoms with E-state index in [1.807, 2.05) is 0 Å². The Hall–Kier alpha value is -5.56. The van der Waals surface area contributed by atoms with E-state index in [-0.39, 0.29) is 0 Å². The highest BCUT2D eigenvalue weighted by Crippen LogP contribution is 2.32. The molecule has 0 aliphatic carbocycles. The van der Waals surface area contributed by atoms with Gasteiger partial charge in [-0.15, -0.1) is 0 Å². The Morgan fingerprint density at radius 1 is 0.329 bits per heavy atom. The second-order valence-electron chi connectivity index (χ2n) is 18.7. The maximum absolute atomic E-state index is 5.62. The van der Waals surface area contributed by atoms with Crippen molar-refractivity contribution < 1.29 is 18.6 Å². The van der Waals surface area contributed by atoms with E-state index in [1.54, 1.807) is 14.2 Å². The molecule has 0 aliphatic rings. The lowest BCUT2D eigenvalue weighted by atomic mass is 10.0. The number of unbranched alkanes of at least 4 members (excludes halogenated alkanes) is 14. The van der Waals surface area contributed by atoms with E-state index in [0.717, 1.165) is 35.4 Å². The molecule has 70 heavy (non-hydrogen) atoms. The van der Waals surface area contributed by atoms with Crippen LogP contribution in [0, 0.1) is 0 Å². The van der Waals surface area contributed by atoms with Crippen molar-refractivity contribution in [1.82, 2.24) is 0 Å². The fraction of sp³-hybridized carbons (Fsp3) is 0.344. The smallest absolute Gasteiger partial charge is 0.213 e. The Labute approximate surface area is 426 Å². The van der Waals surface area contributed by atoms with E-state index in [9.17, 15) is 0 Å². The van der Waals surface area contributed by atoms with E-state index in [1.165, 1.54) is 169 Å². The molecule has 0 atom stereocenters. The van der Waals surface area contributed by atoms with Crippen LogP contribution >= 0.6 is 21.6 Å². The molecule has 2 heterocycles. The Morgan fingerprint density at radius 2 is 0.643 bits per heavy atom. The van der Waals surface area contributed by atoms with Crippen molar-refractivity contribution in [1.29, 1.82) is 0 Å². The molecule has 6 heteroatoms. The minimum Gasteiger partial charge on any atom is -0.496 e. The number of ether oxygens (including phenoxy) is 2. The zero-order valence-corrected chi connectivity index (χ0v) is 43.5. The van der Waals surface area contributed by atoms with Crippen LogP contribution in [-0.2, 0) is 13.1 Å². The van der Waals surface area contributed by atoms with Crippen LogP contribution in [0.25, 0.3) is 67.7 Å². The lowest BCUT2D eigenvalue weighted by Crippen LogP contribution is -2.34. The maximum atomic E-state index is 5.62. The van der Waals surface area contributed by atoms with Gasteiger partial charge in [0.15, 0.2) is 12.4 Å². The summed E-state index contributed by atoms with van der Waals surface area (Å²) in [6, 6.07) is 47.7. The van der Waals surface area contributed by atoms with Crippen LogP contribution in [-0.4, -0.2) is 25.7 Å². The number of para-hydroxylation sites is 2. The van der Waals surface area contributed by atoms with Gasteiger partial charge < -0.3 is 9.47 Å². The van der Waals surface area contributed by atoms with Gasteiger partial charge in [-0.25, -0.2) is 0 Å². The zero-order valence-electron chi connectivity index (χ0n) is 41.8. The number of hydrogen-bond donors (Lipinski definition) is 0. The van der Waals surface area contributed by atoms with E-state index >= 15 is 0 Å². The molecule has 8 rings (SSSR count). The Morgan fingerprint density at radius 3 is 1.03 bits per heavy atom. The number of pyridine rings is 2. The molecule has 0 saturated heterocycles. The van der Waals surface area contributed by atoms with Crippen LogP contribution in [0.3, 0.4) is 0 Å². The summed E-state index contributed by atoms with van der Waals surface area (Å²) in [6.45, 7) is 2.14. The van der Waals surface area contributed by atoms with Crippen molar-refractivity contribution in [2.45, 2.75) is 116 Å². The van der Waals surface area contributed by atoms with Crippen LogP contribution in [0.15, 0.2) is 146 Å². The molecule has 0 N–H and O–H groups in total. The fourth-order valence-electron chi connectivity index (χ4n) is 10.0. The summed E-state index contributed by atoms with van der Waals surface area (Å²) in [4.78, 5) is 0. The zero-order chi connectivity index (χ0) is 48.0. The van der Waals surface area contributed by atoms with Crippen LogP contribution in [0.2, 0.25) is 0 Å². The number of aromatic nitrogens is 2. The van der Waals surface area contributed by atoms with Gasteiger partial charge in [-0.2, -0.15) is 9.13 Å². The van der Waals surface area contributed by atoms with Crippen molar-refractivity contribution in [2.24, 2.45) is 0 Å². The molecule has 0 aliphatic heterocycles. The van der Waals surface area contributed by atoms with Crippen LogP contribution < -0.4 is 18.6 Å². The highest BCUT2D eigenvalue weighted by atomic mass is 33.1. The molecule has 6 aromatic carbocycles. The predicted molar refractivity (Wildman–Crippen MR) is 306 cm³/mol. The normalized spacial score (nSPS) is 11.9.